The summed E-state index contributed by atoms with van der Waals surface area (Å²) in [4.78, 5) is 41.9. The molecular weight excluding hydrogens is 420 g/mol. The van der Waals surface area contributed by atoms with Gasteiger partial charge in [-0.1, -0.05) is 0 Å². The monoisotopic (exact) mass is 452 g/mol. The maximum absolute atomic E-state index is 10.6. The first-order chi connectivity index (χ1) is 13.5. The summed E-state index contributed by atoms with van der Waals surface area (Å²) in [5, 5.41) is 18.1. The highest BCUT2D eigenvalue weighted by atomic mass is 32.2. The Morgan fingerprint density at radius 2 is 1.21 bits per heavy atom. The van der Waals surface area contributed by atoms with Crippen LogP contribution in [0.15, 0.2) is 0 Å². The van der Waals surface area contributed by atoms with Crippen molar-refractivity contribution in [2.45, 2.75) is 62.1 Å². The highest BCUT2D eigenvalue weighted by molar-refractivity contribution is 8.04. The minimum atomic E-state index is -0.987. The van der Waals surface area contributed by atoms with E-state index in [9.17, 15) is 19.2 Å². The molecule has 0 saturated heterocycles. The minimum absolute atomic E-state index is 0.118. The van der Waals surface area contributed by atoms with Crippen LogP contribution in [0.5, 0.6) is 0 Å². The second kappa shape index (κ2) is 15.7. The molecule has 0 aromatic heterocycles. The van der Waals surface area contributed by atoms with Gasteiger partial charge in [0, 0.05) is 34.8 Å². The van der Waals surface area contributed by atoms with E-state index in [-0.39, 0.29) is 11.6 Å². The zero-order valence-corrected chi connectivity index (χ0v) is 18.5. The summed E-state index contributed by atoms with van der Waals surface area (Å²) >= 11 is 3.11. The molecule has 29 heavy (non-hydrogen) atoms. The van der Waals surface area contributed by atoms with Crippen molar-refractivity contribution in [3.8, 4) is 0 Å². The molecule has 0 spiro atoms. The Hall–Kier alpha value is -1.14. The predicted molar refractivity (Wildman–Crippen MR) is 114 cm³/mol. The molecule has 6 N–H and O–H groups in total. The highest BCUT2D eigenvalue weighted by Crippen LogP contribution is 2.40. The average Bonchev–Trinajstić information content (AvgIpc) is 2.60. The number of carbonyl (C=O) groups is 4. The summed E-state index contributed by atoms with van der Waals surface area (Å²) in [7, 11) is 0. The van der Waals surface area contributed by atoms with Crippen LogP contribution in [0.25, 0.3) is 0 Å². The van der Waals surface area contributed by atoms with Crippen molar-refractivity contribution in [2.75, 3.05) is 24.7 Å². The van der Waals surface area contributed by atoms with Crippen LogP contribution in [0.2, 0.25) is 0 Å². The fourth-order valence-electron chi connectivity index (χ4n) is 1.95. The smallest absolute Gasteiger partial charge is 0.321 e. The van der Waals surface area contributed by atoms with Gasteiger partial charge in [0.25, 0.3) is 0 Å². The van der Waals surface area contributed by atoms with E-state index in [4.69, 9.17) is 26.4 Å². The quantitative estimate of drug-likeness (QED) is 0.274. The lowest BCUT2D eigenvalue weighted by Crippen LogP contribution is -2.39. The Labute approximate surface area is 179 Å². The first kappa shape index (κ1) is 27.9. The number of carbonyl (C=O) groups excluding carboxylic acids is 2. The maximum Gasteiger partial charge on any atom is 0.321 e. The predicted octanol–water partition coefficient (Wildman–Crippen LogP) is 0.769. The van der Waals surface area contributed by atoms with E-state index in [1.165, 1.54) is 13.8 Å². The van der Waals surface area contributed by atoms with Gasteiger partial charge in [-0.25, -0.2) is 0 Å². The Balaban J connectivity index is 0.000000614. The van der Waals surface area contributed by atoms with Crippen LogP contribution < -0.4 is 11.5 Å². The van der Waals surface area contributed by atoms with Crippen molar-refractivity contribution in [1.29, 1.82) is 0 Å². The molecule has 0 bridgehead atoms. The molecule has 1 fully saturated rings. The fraction of sp³-hybridized carbons (Fsp3) is 0.778. The molecule has 1 aliphatic carbocycles. The number of Topliss-reactive ketones (excluding diaryl/α,β-unsaturated/α-hetero) is 2. The minimum Gasteiger partial charge on any atom is -0.480 e. The van der Waals surface area contributed by atoms with Crippen molar-refractivity contribution >= 4 is 47.0 Å². The lowest BCUT2D eigenvalue weighted by atomic mass is 9.99. The lowest BCUT2D eigenvalue weighted by Gasteiger charge is -2.36. The number of aliphatic carboxylic acids is 2. The number of thioether (sulfide) groups is 2. The molecule has 11 heteroatoms. The summed E-state index contributed by atoms with van der Waals surface area (Å²) in [5.74, 6) is -0.956. The average molecular weight is 453 g/mol. The second-order valence-electron chi connectivity index (χ2n) is 6.73. The molecule has 168 valence electrons. The molecule has 1 saturated carbocycles. The van der Waals surface area contributed by atoms with Gasteiger partial charge in [0.05, 0.1) is 13.2 Å². The standard InChI is InChI=1S/C10H18N2O4S2.C8H14O3/c11-5(9(13)14)3-17-7-1-2-8(7)18-4-6(12)10(15)16;1-7(9)3-5-11-6-4-8(2)10/h5-8H,1-4,11-12H2,(H,13,14)(H,15,16);3-6H2,1-2H3. The number of nitrogens with two attached hydrogens (primary N) is 2. The van der Waals surface area contributed by atoms with E-state index in [1.54, 1.807) is 23.5 Å². The van der Waals surface area contributed by atoms with E-state index in [2.05, 4.69) is 0 Å². The molecule has 4 atom stereocenters. The highest BCUT2D eigenvalue weighted by Gasteiger charge is 2.33. The van der Waals surface area contributed by atoms with Crippen LogP contribution in [0, 0.1) is 0 Å². The zero-order valence-electron chi connectivity index (χ0n) is 16.9. The van der Waals surface area contributed by atoms with Gasteiger partial charge in [0.15, 0.2) is 0 Å². The van der Waals surface area contributed by atoms with Gasteiger partial charge in [0.2, 0.25) is 0 Å². The largest absolute Gasteiger partial charge is 0.480 e. The Morgan fingerprint density at radius 3 is 1.45 bits per heavy atom. The third-order valence-electron chi connectivity index (χ3n) is 3.96. The van der Waals surface area contributed by atoms with Crippen molar-refractivity contribution in [3.05, 3.63) is 0 Å². The Morgan fingerprint density at radius 1 is 0.862 bits per heavy atom. The van der Waals surface area contributed by atoms with E-state index >= 15 is 0 Å². The number of hydrogen-bond acceptors (Lipinski definition) is 9. The fourth-order valence-corrected chi connectivity index (χ4v) is 4.92. The summed E-state index contributed by atoms with van der Waals surface area (Å²) in [6.45, 7) is 3.91. The van der Waals surface area contributed by atoms with Crippen LogP contribution in [-0.4, -0.2) is 81.0 Å². The van der Waals surface area contributed by atoms with Gasteiger partial charge in [-0.2, -0.15) is 23.5 Å². The summed E-state index contributed by atoms with van der Waals surface area (Å²) in [6, 6.07) is -1.66. The van der Waals surface area contributed by atoms with Gasteiger partial charge < -0.3 is 26.4 Å². The van der Waals surface area contributed by atoms with Gasteiger partial charge in [0.1, 0.15) is 23.7 Å². The van der Waals surface area contributed by atoms with Gasteiger partial charge in [-0.15, -0.1) is 0 Å². The third kappa shape index (κ3) is 14.5. The lowest BCUT2D eigenvalue weighted by molar-refractivity contribution is -0.138. The molecule has 0 amide bonds. The van der Waals surface area contributed by atoms with Gasteiger partial charge >= 0.3 is 11.9 Å². The number of hydrogen-bond donors (Lipinski definition) is 4. The molecule has 0 heterocycles. The molecule has 0 aromatic rings. The maximum atomic E-state index is 10.6. The molecule has 4 unspecified atom stereocenters. The SMILES string of the molecule is CC(=O)CCOCCC(C)=O.NC(CSC1CCC1SCC(N)C(=O)O)C(=O)O. The normalized spacial score (nSPS) is 19.9. The zero-order chi connectivity index (χ0) is 22.4. The van der Waals surface area contributed by atoms with E-state index < -0.39 is 24.0 Å². The summed E-state index contributed by atoms with van der Waals surface area (Å²) < 4.78 is 5.01. The Bertz CT molecular complexity index is 502. The summed E-state index contributed by atoms with van der Waals surface area (Å²) in [5.41, 5.74) is 10.9. The molecule has 0 radical (unpaired) electrons. The second-order valence-corrected chi connectivity index (χ2v) is 9.27. The van der Waals surface area contributed by atoms with E-state index in [0.717, 1.165) is 12.8 Å². The van der Waals surface area contributed by atoms with Crippen LogP contribution in [-0.2, 0) is 23.9 Å². The van der Waals surface area contributed by atoms with Crippen molar-refractivity contribution in [3.63, 3.8) is 0 Å². The Kier molecular flexibility index (Phi) is 15.1. The number of ketones is 2. The van der Waals surface area contributed by atoms with Crippen LogP contribution in [0.1, 0.15) is 39.5 Å². The molecule has 0 aromatic carbocycles. The molecular formula is C18H32N2O7S2. The number of carboxylic acids is 2. The molecule has 1 rings (SSSR count). The van der Waals surface area contributed by atoms with E-state index in [0.29, 0.717) is 48.1 Å². The third-order valence-corrected chi connectivity index (χ3v) is 7.22. The number of carboxylic acid groups (broad SMARTS) is 2. The molecule has 0 aliphatic heterocycles. The number of ether oxygens (including phenoxy) is 1. The van der Waals surface area contributed by atoms with Gasteiger partial charge in [-0.3, -0.25) is 19.2 Å². The number of rotatable bonds is 14. The van der Waals surface area contributed by atoms with Crippen LogP contribution >= 0.6 is 23.5 Å². The van der Waals surface area contributed by atoms with Crippen LogP contribution in [0.4, 0.5) is 0 Å². The van der Waals surface area contributed by atoms with Crippen molar-refractivity contribution in [2.24, 2.45) is 11.5 Å². The molecule has 9 nitrogen and oxygen atoms in total. The van der Waals surface area contributed by atoms with Crippen molar-refractivity contribution in [1.82, 2.24) is 0 Å². The van der Waals surface area contributed by atoms with Gasteiger partial charge in [-0.05, 0) is 26.7 Å². The van der Waals surface area contributed by atoms with Crippen molar-refractivity contribution < 1.29 is 34.1 Å². The topological polar surface area (TPSA) is 170 Å². The molecule has 1 aliphatic rings. The van der Waals surface area contributed by atoms with Crippen LogP contribution in [0.3, 0.4) is 0 Å². The first-order valence-electron chi connectivity index (χ1n) is 9.31. The summed E-state index contributed by atoms with van der Waals surface area (Å²) in [6.07, 6.45) is 2.93. The first-order valence-corrected chi connectivity index (χ1v) is 11.4. The van der Waals surface area contributed by atoms with E-state index in [1.807, 2.05) is 0 Å².